The van der Waals surface area contributed by atoms with E-state index < -0.39 is 10.9 Å². The van der Waals surface area contributed by atoms with E-state index in [-0.39, 0.29) is 17.3 Å². The lowest BCUT2D eigenvalue weighted by Gasteiger charge is -2.14. The Bertz CT molecular complexity index is 1400. The Morgan fingerprint density at radius 2 is 1.89 bits per heavy atom. The molecule has 178 valence electrons. The van der Waals surface area contributed by atoms with E-state index in [4.69, 9.17) is 25.8 Å². The highest BCUT2D eigenvalue weighted by Crippen LogP contribution is 2.38. The summed E-state index contributed by atoms with van der Waals surface area (Å²) >= 11 is 6.48. The van der Waals surface area contributed by atoms with Crippen molar-refractivity contribution < 1.29 is 23.9 Å². The van der Waals surface area contributed by atoms with Crippen molar-refractivity contribution in [1.82, 2.24) is 0 Å². The highest BCUT2D eigenvalue weighted by Gasteiger charge is 2.26. The predicted octanol–water partition coefficient (Wildman–Crippen LogP) is 5.80. The normalized spacial score (nSPS) is 14.0. The first-order chi connectivity index (χ1) is 16.8. The van der Waals surface area contributed by atoms with Crippen molar-refractivity contribution in [2.45, 2.75) is 20.5 Å². The number of carbonyl (C=O) groups excluding carboxylic acids is 1. The van der Waals surface area contributed by atoms with Gasteiger partial charge in [0.05, 0.1) is 17.1 Å². The minimum atomic E-state index is -0.682. The third-order valence-corrected chi connectivity index (χ3v) is 5.74. The van der Waals surface area contributed by atoms with Gasteiger partial charge in [-0.15, -0.1) is 0 Å². The molecule has 0 aliphatic carbocycles. The van der Waals surface area contributed by atoms with E-state index in [0.29, 0.717) is 39.8 Å². The van der Waals surface area contributed by atoms with Crippen LogP contribution in [0.3, 0.4) is 0 Å². The molecular weight excluding hydrogens is 472 g/mol. The Balaban J connectivity index is 1.61. The number of nitrogens with zero attached hydrogens (tertiary/aromatic N) is 2. The van der Waals surface area contributed by atoms with Gasteiger partial charge in [-0.3, -0.25) is 10.1 Å². The number of hydrogen-bond donors (Lipinski definition) is 0. The molecule has 0 atom stereocenters. The van der Waals surface area contributed by atoms with Gasteiger partial charge >= 0.3 is 5.97 Å². The van der Waals surface area contributed by atoms with Gasteiger partial charge in [-0.25, -0.2) is 9.79 Å². The molecule has 0 N–H and O–H groups in total. The number of carbonyl (C=O) groups is 1. The molecule has 0 saturated heterocycles. The van der Waals surface area contributed by atoms with Crippen LogP contribution >= 0.6 is 11.6 Å². The van der Waals surface area contributed by atoms with Crippen molar-refractivity contribution in [3.63, 3.8) is 0 Å². The zero-order valence-corrected chi connectivity index (χ0v) is 20.0. The maximum atomic E-state index is 12.4. The SMILES string of the molecule is COc1cc(/C=C2\N=C(c3ccc(C)c([N+](=O)[O-])c3)OC2=O)cc(Cl)c1OCc1ccccc1C. The molecular formula is C26H21ClN2O6. The standard InChI is InChI=1S/C26H21ClN2O6/c1-15-6-4-5-7-19(15)14-34-24-20(27)10-17(12-23(24)33-3)11-21-26(30)35-25(28-21)18-9-8-16(2)22(13-18)29(31)32/h4-13H,14H2,1-3H3/b21-11-. The summed E-state index contributed by atoms with van der Waals surface area (Å²) in [5.74, 6) is 0.0752. The maximum absolute atomic E-state index is 12.4. The monoisotopic (exact) mass is 492 g/mol. The van der Waals surface area contributed by atoms with Crippen LogP contribution in [0.2, 0.25) is 5.02 Å². The fraction of sp³-hybridized carbons (Fsp3) is 0.154. The van der Waals surface area contributed by atoms with Gasteiger partial charge in [-0.2, -0.15) is 0 Å². The van der Waals surface area contributed by atoms with Gasteiger partial charge in [0, 0.05) is 17.2 Å². The van der Waals surface area contributed by atoms with Crippen LogP contribution in [0.25, 0.3) is 6.08 Å². The third-order valence-electron chi connectivity index (χ3n) is 5.46. The smallest absolute Gasteiger partial charge is 0.363 e. The largest absolute Gasteiger partial charge is 0.493 e. The lowest BCUT2D eigenvalue weighted by molar-refractivity contribution is -0.385. The Morgan fingerprint density at radius 3 is 2.60 bits per heavy atom. The second kappa shape index (κ2) is 9.99. The van der Waals surface area contributed by atoms with E-state index >= 15 is 0 Å². The molecule has 1 aliphatic rings. The molecule has 1 aliphatic heterocycles. The number of benzene rings is 3. The molecule has 3 aromatic rings. The summed E-state index contributed by atoms with van der Waals surface area (Å²) < 4.78 is 16.6. The number of esters is 1. The van der Waals surface area contributed by atoms with E-state index in [1.54, 1.807) is 31.2 Å². The van der Waals surface area contributed by atoms with Crippen molar-refractivity contribution >= 4 is 35.2 Å². The highest BCUT2D eigenvalue weighted by atomic mass is 35.5. The molecule has 0 amide bonds. The van der Waals surface area contributed by atoms with E-state index in [1.165, 1.54) is 19.3 Å². The number of halogens is 1. The first-order valence-corrected chi connectivity index (χ1v) is 11.0. The van der Waals surface area contributed by atoms with Crippen molar-refractivity contribution in [2.24, 2.45) is 4.99 Å². The second-order valence-electron chi connectivity index (χ2n) is 7.84. The summed E-state index contributed by atoms with van der Waals surface area (Å²) in [5.41, 5.74) is 3.41. The molecule has 0 spiro atoms. The zero-order valence-electron chi connectivity index (χ0n) is 19.2. The van der Waals surface area contributed by atoms with Crippen molar-refractivity contribution in [2.75, 3.05) is 7.11 Å². The van der Waals surface area contributed by atoms with Gasteiger partial charge in [0.1, 0.15) is 6.61 Å². The fourth-order valence-corrected chi connectivity index (χ4v) is 3.79. The van der Waals surface area contributed by atoms with Crippen molar-refractivity contribution in [1.29, 1.82) is 0 Å². The molecule has 0 radical (unpaired) electrons. The van der Waals surface area contributed by atoms with E-state index in [0.717, 1.165) is 11.1 Å². The quantitative estimate of drug-likeness (QED) is 0.179. The van der Waals surface area contributed by atoms with Crippen LogP contribution < -0.4 is 9.47 Å². The predicted molar refractivity (Wildman–Crippen MR) is 132 cm³/mol. The summed E-state index contributed by atoms with van der Waals surface area (Å²) in [5, 5.41) is 11.5. The molecule has 0 bridgehead atoms. The average molecular weight is 493 g/mol. The summed E-state index contributed by atoms with van der Waals surface area (Å²) in [4.78, 5) is 27.4. The number of rotatable bonds is 7. The van der Waals surface area contributed by atoms with Gasteiger partial charge < -0.3 is 14.2 Å². The van der Waals surface area contributed by atoms with Gasteiger partial charge in [0.15, 0.2) is 17.2 Å². The molecule has 1 heterocycles. The number of cyclic esters (lactones) is 1. The Morgan fingerprint density at radius 1 is 1.11 bits per heavy atom. The minimum Gasteiger partial charge on any atom is -0.493 e. The number of nitro benzene ring substituents is 1. The fourth-order valence-electron chi connectivity index (χ4n) is 3.51. The molecule has 9 heteroatoms. The van der Waals surface area contributed by atoms with Crippen molar-refractivity contribution in [3.05, 3.63) is 103 Å². The lowest BCUT2D eigenvalue weighted by Crippen LogP contribution is -2.06. The van der Waals surface area contributed by atoms with E-state index in [2.05, 4.69) is 4.99 Å². The molecule has 35 heavy (non-hydrogen) atoms. The number of nitro groups is 1. The summed E-state index contributed by atoms with van der Waals surface area (Å²) in [6.07, 6.45) is 1.50. The second-order valence-corrected chi connectivity index (χ2v) is 8.25. The van der Waals surface area contributed by atoms with Gasteiger partial charge in [-0.1, -0.05) is 41.9 Å². The minimum absolute atomic E-state index is 0.0133. The average Bonchev–Trinajstić information content (AvgIpc) is 3.19. The Hall–Kier alpha value is -4.17. The zero-order chi connectivity index (χ0) is 25.1. The van der Waals surface area contributed by atoms with Crippen LogP contribution in [0, 0.1) is 24.0 Å². The molecule has 0 unspecified atom stereocenters. The third kappa shape index (κ3) is 5.17. The summed E-state index contributed by atoms with van der Waals surface area (Å²) in [6, 6.07) is 15.7. The van der Waals surface area contributed by atoms with Crippen LogP contribution in [-0.4, -0.2) is 23.9 Å². The van der Waals surface area contributed by atoms with Crippen LogP contribution in [0.1, 0.15) is 27.8 Å². The molecule has 0 fully saturated rings. The lowest BCUT2D eigenvalue weighted by atomic mass is 10.1. The van der Waals surface area contributed by atoms with E-state index in [9.17, 15) is 14.9 Å². The van der Waals surface area contributed by atoms with E-state index in [1.807, 2.05) is 31.2 Å². The molecule has 0 aromatic heterocycles. The first kappa shape index (κ1) is 24.0. The molecule has 4 rings (SSSR count). The number of hydrogen-bond acceptors (Lipinski definition) is 7. The number of aliphatic imine (C=N–C) groups is 1. The Kier molecular flexibility index (Phi) is 6.84. The number of ether oxygens (including phenoxy) is 3. The van der Waals surface area contributed by atoms with Gasteiger partial charge in [0.25, 0.3) is 5.69 Å². The van der Waals surface area contributed by atoms with Crippen LogP contribution in [0.5, 0.6) is 11.5 Å². The molecule has 3 aromatic carbocycles. The maximum Gasteiger partial charge on any atom is 0.363 e. The first-order valence-electron chi connectivity index (χ1n) is 10.6. The number of methoxy groups -OCH3 is 1. The summed E-state index contributed by atoms with van der Waals surface area (Å²) in [7, 11) is 1.49. The van der Waals surface area contributed by atoms with Crippen LogP contribution in [0.4, 0.5) is 5.69 Å². The Labute approximate surface area is 206 Å². The van der Waals surface area contributed by atoms with Gasteiger partial charge in [-0.05, 0) is 54.8 Å². The number of aryl methyl sites for hydroxylation is 2. The topological polar surface area (TPSA) is 100 Å². The van der Waals surface area contributed by atoms with Crippen LogP contribution in [-0.2, 0) is 16.1 Å². The summed E-state index contributed by atoms with van der Waals surface area (Å²) in [6.45, 7) is 3.93. The van der Waals surface area contributed by atoms with Crippen LogP contribution in [0.15, 0.2) is 65.3 Å². The highest BCUT2D eigenvalue weighted by molar-refractivity contribution is 6.32. The van der Waals surface area contributed by atoms with Gasteiger partial charge in [0.2, 0.25) is 5.90 Å². The molecule has 0 saturated carbocycles. The van der Waals surface area contributed by atoms with Crippen molar-refractivity contribution in [3.8, 4) is 11.5 Å². The molecule has 8 nitrogen and oxygen atoms in total.